The molecular weight excluding hydrogens is 302 g/mol. The van der Waals surface area contributed by atoms with E-state index in [2.05, 4.69) is 15.6 Å². The molecule has 2 aromatic carbocycles. The third kappa shape index (κ3) is 3.89. The second kappa shape index (κ2) is 7.28. The zero-order valence-electron chi connectivity index (χ0n) is 13.2. The maximum Gasteiger partial charge on any atom is 0.255 e. The van der Waals surface area contributed by atoms with Crippen LogP contribution in [0.3, 0.4) is 0 Å². The van der Waals surface area contributed by atoms with E-state index in [-0.39, 0.29) is 5.91 Å². The molecule has 0 aliphatic heterocycles. The smallest absolute Gasteiger partial charge is 0.255 e. The number of para-hydroxylation sites is 1. The van der Waals surface area contributed by atoms with Gasteiger partial charge in [0.2, 0.25) is 0 Å². The minimum atomic E-state index is -0.209. The number of ether oxygens (including phenoxy) is 1. The van der Waals surface area contributed by atoms with E-state index in [1.54, 1.807) is 43.6 Å². The van der Waals surface area contributed by atoms with E-state index in [0.717, 1.165) is 5.69 Å². The summed E-state index contributed by atoms with van der Waals surface area (Å²) < 4.78 is 5.13. The van der Waals surface area contributed by atoms with E-state index in [1.165, 1.54) is 0 Å². The molecule has 24 heavy (non-hydrogen) atoms. The van der Waals surface area contributed by atoms with Gasteiger partial charge < -0.3 is 15.4 Å². The highest BCUT2D eigenvalue weighted by Gasteiger charge is 2.07. The maximum absolute atomic E-state index is 12.2. The third-order valence-corrected chi connectivity index (χ3v) is 3.40. The largest absolute Gasteiger partial charge is 0.497 e. The molecule has 120 valence electrons. The number of pyridine rings is 1. The van der Waals surface area contributed by atoms with Gasteiger partial charge in [-0.15, -0.1) is 0 Å². The number of hydrogen-bond acceptors (Lipinski definition) is 4. The van der Waals surface area contributed by atoms with Crippen LogP contribution in [0.25, 0.3) is 0 Å². The maximum atomic E-state index is 12.2. The lowest BCUT2D eigenvalue weighted by molar-refractivity contribution is 0.102. The minimum Gasteiger partial charge on any atom is -0.497 e. The van der Waals surface area contributed by atoms with Gasteiger partial charge in [-0.3, -0.25) is 4.79 Å². The molecule has 0 bridgehead atoms. The fourth-order valence-electron chi connectivity index (χ4n) is 2.18. The van der Waals surface area contributed by atoms with E-state index in [9.17, 15) is 4.79 Å². The van der Waals surface area contributed by atoms with Crippen molar-refractivity contribution in [3.05, 3.63) is 78.5 Å². The number of amides is 1. The van der Waals surface area contributed by atoms with E-state index in [1.807, 2.05) is 36.4 Å². The zero-order chi connectivity index (χ0) is 16.8. The number of carbonyl (C=O) groups is 1. The van der Waals surface area contributed by atoms with Gasteiger partial charge in [0.05, 0.1) is 19.0 Å². The molecular formula is C19H17N3O2. The number of methoxy groups -OCH3 is 1. The van der Waals surface area contributed by atoms with Gasteiger partial charge in [0.15, 0.2) is 0 Å². The molecule has 5 nitrogen and oxygen atoms in total. The third-order valence-electron chi connectivity index (χ3n) is 3.40. The Bertz CT molecular complexity index is 818. The van der Waals surface area contributed by atoms with Crippen molar-refractivity contribution < 1.29 is 9.53 Å². The predicted octanol–water partition coefficient (Wildman–Crippen LogP) is 4.09. The van der Waals surface area contributed by atoms with Gasteiger partial charge >= 0.3 is 0 Å². The molecule has 0 atom stereocenters. The standard InChI is InChI=1S/C19H17N3O2/c1-24-17-9-5-6-14(12-17)19(23)22-16-10-11-18(20-13-16)21-15-7-3-2-4-8-15/h2-13H,1H3,(H,20,21)(H,22,23). The molecule has 1 amide bonds. The van der Waals surface area contributed by atoms with Crippen LogP contribution in [0.2, 0.25) is 0 Å². The summed E-state index contributed by atoms with van der Waals surface area (Å²) in [5.41, 5.74) is 2.11. The summed E-state index contributed by atoms with van der Waals surface area (Å²) in [6.45, 7) is 0. The number of anilines is 3. The predicted molar refractivity (Wildman–Crippen MR) is 94.9 cm³/mol. The Balaban J connectivity index is 1.66. The zero-order valence-corrected chi connectivity index (χ0v) is 13.2. The van der Waals surface area contributed by atoms with Crippen molar-refractivity contribution in [3.8, 4) is 5.75 Å². The lowest BCUT2D eigenvalue weighted by Crippen LogP contribution is -2.12. The Morgan fingerprint density at radius 2 is 1.79 bits per heavy atom. The van der Waals surface area contributed by atoms with Crippen molar-refractivity contribution in [2.45, 2.75) is 0 Å². The fourth-order valence-corrected chi connectivity index (χ4v) is 2.18. The lowest BCUT2D eigenvalue weighted by Gasteiger charge is -2.08. The van der Waals surface area contributed by atoms with Crippen LogP contribution in [-0.2, 0) is 0 Å². The van der Waals surface area contributed by atoms with Crippen LogP contribution in [0.1, 0.15) is 10.4 Å². The van der Waals surface area contributed by atoms with Crippen molar-refractivity contribution in [1.82, 2.24) is 4.98 Å². The number of hydrogen-bond donors (Lipinski definition) is 2. The molecule has 0 aliphatic rings. The molecule has 0 saturated carbocycles. The van der Waals surface area contributed by atoms with Gasteiger partial charge in [0.25, 0.3) is 5.91 Å². The van der Waals surface area contributed by atoms with Crippen LogP contribution >= 0.6 is 0 Å². The van der Waals surface area contributed by atoms with Crippen molar-refractivity contribution in [3.63, 3.8) is 0 Å². The molecule has 0 aliphatic carbocycles. The number of carbonyl (C=O) groups excluding carboxylic acids is 1. The van der Waals surface area contributed by atoms with Crippen molar-refractivity contribution in [2.75, 3.05) is 17.7 Å². The second-order valence-corrected chi connectivity index (χ2v) is 5.11. The first-order chi connectivity index (χ1) is 11.7. The molecule has 3 rings (SSSR count). The highest BCUT2D eigenvalue weighted by molar-refractivity contribution is 6.04. The molecule has 1 heterocycles. The topological polar surface area (TPSA) is 63.2 Å². The van der Waals surface area contributed by atoms with Crippen LogP contribution in [0.5, 0.6) is 5.75 Å². The average molecular weight is 319 g/mol. The quantitative estimate of drug-likeness (QED) is 0.743. The van der Waals surface area contributed by atoms with Crippen LogP contribution in [0.4, 0.5) is 17.2 Å². The molecule has 0 unspecified atom stereocenters. The van der Waals surface area contributed by atoms with E-state index in [4.69, 9.17) is 4.74 Å². The Hall–Kier alpha value is -3.34. The first kappa shape index (κ1) is 15.6. The summed E-state index contributed by atoms with van der Waals surface area (Å²) in [5, 5.41) is 6.01. The summed E-state index contributed by atoms with van der Waals surface area (Å²) in [5.74, 6) is 1.14. The monoisotopic (exact) mass is 319 g/mol. The number of aromatic nitrogens is 1. The van der Waals surface area contributed by atoms with Gasteiger partial charge in [-0.1, -0.05) is 24.3 Å². The highest BCUT2D eigenvalue weighted by Crippen LogP contribution is 2.17. The first-order valence-corrected chi connectivity index (χ1v) is 7.48. The fraction of sp³-hybridized carbons (Fsp3) is 0.0526. The number of nitrogens with one attached hydrogen (secondary N) is 2. The summed E-state index contributed by atoms with van der Waals surface area (Å²) in [7, 11) is 1.57. The molecule has 0 saturated heterocycles. The van der Waals surface area contributed by atoms with Crippen molar-refractivity contribution in [2.24, 2.45) is 0 Å². The average Bonchev–Trinajstić information content (AvgIpc) is 2.64. The van der Waals surface area contributed by atoms with Crippen LogP contribution in [-0.4, -0.2) is 18.0 Å². The summed E-state index contributed by atoms with van der Waals surface area (Å²) >= 11 is 0. The summed E-state index contributed by atoms with van der Waals surface area (Å²) in [6.07, 6.45) is 1.61. The van der Waals surface area contributed by atoms with E-state index >= 15 is 0 Å². The van der Waals surface area contributed by atoms with Crippen LogP contribution in [0.15, 0.2) is 72.9 Å². The van der Waals surface area contributed by atoms with Gasteiger partial charge in [-0.2, -0.15) is 0 Å². The van der Waals surface area contributed by atoms with Crippen LogP contribution in [0, 0.1) is 0 Å². The number of nitrogens with zero attached hydrogens (tertiary/aromatic N) is 1. The molecule has 0 fully saturated rings. The van der Waals surface area contributed by atoms with Crippen molar-refractivity contribution >= 4 is 23.1 Å². The number of rotatable bonds is 5. The summed E-state index contributed by atoms with van der Waals surface area (Å²) in [6, 6.07) is 20.4. The minimum absolute atomic E-state index is 0.209. The Labute approximate surface area is 140 Å². The van der Waals surface area contributed by atoms with E-state index in [0.29, 0.717) is 22.8 Å². The number of benzene rings is 2. The Kier molecular flexibility index (Phi) is 4.72. The molecule has 0 spiro atoms. The van der Waals surface area contributed by atoms with E-state index < -0.39 is 0 Å². The Morgan fingerprint density at radius 1 is 0.958 bits per heavy atom. The van der Waals surface area contributed by atoms with Gasteiger partial charge in [0, 0.05) is 11.3 Å². The normalized spacial score (nSPS) is 10.0. The molecule has 1 aromatic heterocycles. The van der Waals surface area contributed by atoms with Crippen molar-refractivity contribution in [1.29, 1.82) is 0 Å². The highest BCUT2D eigenvalue weighted by atomic mass is 16.5. The molecule has 5 heteroatoms. The Morgan fingerprint density at radius 3 is 2.50 bits per heavy atom. The van der Waals surface area contributed by atoms with Crippen LogP contribution < -0.4 is 15.4 Å². The second-order valence-electron chi connectivity index (χ2n) is 5.11. The molecule has 0 radical (unpaired) electrons. The first-order valence-electron chi connectivity index (χ1n) is 7.48. The summed E-state index contributed by atoms with van der Waals surface area (Å²) in [4.78, 5) is 16.6. The van der Waals surface area contributed by atoms with Gasteiger partial charge in [-0.05, 0) is 42.5 Å². The molecule has 3 aromatic rings. The SMILES string of the molecule is COc1cccc(C(=O)Nc2ccc(Nc3ccccc3)nc2)c1. The lowest BCUT2D eigenvalue weighted by atomic mass is 10.2. The van der Waals surface area contributed by atoms with Gasteiger partial charge in [-0.25, -0.2) is 4.98 Å². The van der Waals surface area contributed by atoms with Gasteiger partial charge in [0.1, 0.15) is 11.6 Å². The molecule has 2 N–H and O–H groups in total.